The molecule has 18 heavy (non-hydrogen) atoms. The Bertz CT molecular complexity index is 559. The van der Waals surface area contributed by atoms with Crippen molar-refractivity contribution in [1.82, 2.24) is 15.0 Å². The number of aromatic nitrogens is 3. The van der Waals surface area contributed by atoms with E-state index in [4.69, 9.17) is 0 Å². The van der Waals surface area contributed by atoms with Gasteiger partial charge in [0, 0.05) is 12.7 Å². The fourth-order valence-corrected chi connectivity index (χ4v) is 1.54. The highest BCUT2D eigenvalue weighted by Crippen LogP contribution is 2.31. The molecule has 0 atom stereocenters. The van der Waals surface area contributed by atoms with Gasteiger partial charge in [-0.05, 0) is 19.1 Å². The molecule has 0 radical (unpaired) electrons. The van der Waals surface area contributed by atoms with E-state index < -0.39 is 4.92 Å². The second-order valence-electron chi connectivity index (χ2n) is 3.42. The third-order valence-electron chi connectivity index (χ3n) is 2.26. The molecule has 2 aromatic rings. The summed E-state index contributed by atoms with van der Waals surface area (Å²) in [6.07, 6.45) is 2.85. The Morgan fingerprint density at radius 2 is 2.17 bits per heavy atom. The number of nitrogens with zero attached hydrogens (tertiary/aromatic N) is 4. The number of hydrogen-bond donors (Lipinski definition) is 1. The molecule has 0 aromatic carbocycles. The van der Waals surface area contributed by atoms with E-state index in [1.165, 1.54) is 6.33 Å². The van der Waals surface area contributed by atoms with E-state index in [0.29, 0.717) is 12.2 Å². The lowest BCUT2D eigenvalue weighted by atomic mass is 10.2. The standard InChI is InChI=1S/C11H11N5O2/c1-2-12-11-10(16(17)18)9(14-7-15-11)8-5-3-4-6-13-8/h3-7H,2H2,1H3,(H,12,14,15). The highest BCUT2D eigenvalue weighted by Gasteiger charge is 2.23. The van der Waals surface area contributed by atoms with Gasteiger partial charge in [-0.3, -0.25) is 15.1 Å². The summed E-state index contributed by atoms with van der Waals surface area (Å²) in [5.41, 5.74) is 0.510. The van der Waals surface area contributed by atoms with E-state index in [-0.39, 0.29) is 17.2 Å². The molecule has 0 aliphatic carbocycles. The summed E-state index contributed by atoms with van der Waals surface area (Å²) < 4.78 is 0. The van der Waals surface area contributed by atoms with Crippen LogP contribution in [0.15, 0.2) is 30.7 Å². The molecule has 0 aliphatic heterocycles. The van der Waals surface area contributed by atoms with Crippen LogP contribution in [0.3, 0.4) is 0 Å². The van der Waals surface area contributed by atoms with Crippen molar-refractivity contribution < 1.29 is 4.92 Å². The van der Waals surface area contributed by atoms with Crippen LogP contribution < -0.4 is 5.32 Å². The molecule has 0 saturated carbocycles. The van der Waals surface area contributed by atoms with Crippen molar-refractivity contribution >= 4 is 11.5 Å². The maximum absolute atomic E-state index is 11.1. The van der Waals surface area contributed by atoms with Crippen molar-refractivity contribution in [3.63, 3.8) is 0 Å². The van der Waals surface area contributed by atoms with Gasteiger partial charge in [-0.25, -0.2) is 9.97 Å². The molecule has 7 heteroatoms. The van der Waals surface area contributed by atoms with Gasteiger partial charge in [0.15, 0.2) is 5.69 Å². The molecule has 0 fully saturated rings. The van der Waals surface area contributed by atoms with Crippen molar-refractivity contribution in [2.24, 2.45) is 0 Å². The molecule has 2 rings (SSSR count). The summed E-state index contributed by atoms with van der Waals surface area (Å²) in [6, 6.07) is 5.16. The van der Waals surface area contributed by atoms with Crippen LogP contribution in [0.5, 0.6) is 0 Å². The van der Waals surface area contributed by atoms with Crippen molar-refractivity contribution in [3.05, 3.63) is 40.8 Å². The first-order valence-corrected chi connectivity index (χ1v) is 5.38. The first kappa shape index (κ1) is 11.9. The van der Waals surface area contributed by atoms with Gasteiger partial charge in [0.05, 0.1) is 10.6 Å². The van der Waals surface area contributed by atoms with Gasteiger partial charge in [-0.1, -0.05) is 6.07 Å². The normalized spacial score (nSPS) is 10.1. The highest BCUT2D eigenvalue weighted by atomic mass is 16.6. The Labute approximate surface area is 103 Å². The van der Waals surface area contributed by atoms with E-state index in [2.05, 4.69) is 20.3 Å². The number of nitrogens with one attached hydrogen (secondary N) is 1. The topological polar surface area (TPSA) is 93.8 Å². The average molecular weight is 245 g/mol. The van der Waals surface area contributed by atoms with Crippen LogP contribution in [0.1, 0.15) is 6.92 Å². The monoisotopic (exact) mass is 245 g/mol. The number of hydrogen-bond acceptors (Lipinski definition) is 6. The van der Waals surface area contributed by atoms with Crippen LogP contribution in [0, 0.1) is 10.1 Å². The fourth-order valence-electron chi connectivity index (χ4n) is 1.54. The lowest BCUT2D eigenvalue weighted by Gasteiger charge is -2.06. The van der Waals surface area contributed by atoms with Crippen LogP contribution in [0.4, 0.5) is 11.5 Å². The van der Waals surface area contributed by atoms with Gasteiger partial charge in [0.25, 0.3) is 0 Å². The smallest absolute Gasteiger partial charge is 0.338 e. The molecule has 2 aromatic heterocycles. The molecule has 0 bridgehead atoms. The number of nitro groups is 1. The van der Waals surface area contributed by atoms with Crippen molar-refractivity contribution in [2.45, 2.75) is 6.92 Å². The van der Waals surface area contributed by atoms with Crippen molar-refractivity contribution in [2.75, 3.05) is 11.9 Å². The van der Waals surface area contributed by atoms with Crippen LogP contribution in [-0.2, 0) is 0 Å². The quantitative estimate of drug-likeness (QED) is 0.652. The van der Waals surface area contributed by atoms with Gasteiger partial charge in [-0.2, -0.15) is 0 Å². The first-order chi connectivity index (χ1) is 8.74. The maximum atomic E-state index is 11.1. The van der Waals surface area contributed by atoms with Crippen molar-refractivity contribution in [1.29, 1.82) is 0 Å². The summed E-state index contributed by atoms with van der Waals surface area (Å²) in [5, 5.41) is 14.0. The molecule has 92 valence electrons. The van der Waals surface area contributed by atoms with E-state index in [0.717, 1.165) is 0 Å². The SMILES string of the molecule is CCNc1ncnc(-c2ccccn2)c1[N+](=O)[O-]. The lowest BCUT2D eigenvalue weighted by molar-refractivity contribution is -0.383. The van der Waals surface area contributed by atoms with Crippen LogP contribution >= 0.6 is 0 Å². The molecule has 0 aliphatic rings. The molecular formula is C11H11N5O2. The summed E-state index contributed by atoms with van der Waals surface area (Å²) in [5.74, 6) is 0.207. The first-order valence-electron chi connectivity index (χ1n) is 5.38. The molecular weight excluding hydrogens is 234 g/mol. The van der Waals surface area contributed by atoms with Crippen LogP contribution in [0.2, 0.25) is 0 Å². The zero-order chi connectivity index (χ0) is 13.0. The van der Waals surface area contributed by atoms with Gasteiger partial charge in [0.2, 0.25) is 5.82 Å². The van der Waals surface area contributed by atoms with Crippen molar-refractivity contribution in [3.8, 4) is 11.4 Å². The number of pyridine rings is 1. The van der Waals surface area contributed by atoms with E-state index in [9.17, 15) is 10.1 Å². The van der Waals surface area contributed by atoms with Crippen LogP contribution in [-0.4, -0.2) is 26.4 Å². The third kappa shape index (κ3) is 2.24. The highest BCUT2D eigenvalue weighted by molar-refractivity contribution is 5.74. The Morgan fingerprint density at radius 3 is 2.78 bits per heavy atom. The summed E-state index contributed by atoms with van der Waals surface area (Å²) >= 11 is 0. The number of anilines is 1. The lowest BCUT2D eigenvalue weighted by Crippen LogP contribution is -2.06. The summed E-state index contributed by atoms with van der Waals surface area (Å²) in [6.45, 7) is 2.38. The minimum absolute atomic E-state index is 0.155. The molecule has 0 spiro atoms. The zero-order valence-electron chi connectivity index (χ0n) is 9.70. The minimum atomic E-state index is -0.498. The fraction of sp³-hybridized carbons (Fsp3) is 0.182. The zero-order valence-corrected chi connectivity index (χ0v) is 9.70. The molecule has 2 heterocycles. The van der Waals surface area contributed by atoms with Gasteiger partial charge >= 0.3 is 5.69 Å². The predicted octanol–water partition coefficient (Wildman–Crippen LogP) is 1.88. The Kier molecular flexibility index (Phi) is 3.42. The van der Waals surface area contributed by atoms with E-state index in [1.54, 1.807) is 24.4 Å². The Balaban J connectivity index is 2.60. The molecule has 0 unspecified atom stereocenters. The second-order valence-corrected chi connectivity index (χ2v) is 3.42. The van der Waals surface area contributed by atoms with E-state index in [1.807, 2.05) is 6.92 Å². The van der Waals surface area contributed by atoms with Gasteiger partial charge in [0.1, 0.15) is 6.33 Å². The Morgan fingerprint density at radius 1 is 1.33 bits per heavy atom. The van der Waals surface area contributed by atoms with E-state index >= 15 is 0 Å². The largest absolute Gasteiger partial charge is 0.364 e. The maximum Gasteiger partial charge on any atom is 0.338 e. The molecule has 7 nitrogen and oxygen atoms in total. The summed E-state index contributed by atoms with van der Waals surface area (Å²) in [4.78, 5) is 22.6. The molecule has 0 amide bonds. The molecule has 1 N–H and O–H groups in total. The third-order valence-corrected chi connectivity index (χ3v) is 2.26. The summed E-state index contributed by atoms with van der Waals surface area (Å²) in [7, 11) is 0. The number of rotatable bonds is 4. The second kappa shape index (κ2) is 5.17. The van der Waals surface area contributed by atoms with Crippen LogP contribution in [0.25, 0.3) is 11.4 Å². The average Bonchev–Trinajstić information content (AvgIpc) is 2.39. The minimum Gasteiger partial charge on any atom is -0.364 e. The molecule has 0 saturated heterocycles. The van der Waals surface area contributed by atoms with Gasteiger partial charge in [-0.15, -0.1) is 0 Å². The Hall–Kier alpha value is -2.57. The predicted molar refractivity (Wildman–Crippen MR) is 66.1 cm³/mol. The van der Waals surface area contributed by atoms with Gasteiger partial charge < -0.3 is 5.32 Å².